The SMILES string of the molecule is CC(C)(O)[C@@H]1CC[C@](C)(C2C(O)C[C@@]3(C)C4C[C@H](O[C@@H]5O[C@H](CO)[C@@H](O)[C@H](O)[C@H]5O)C5C(C)(C)[C@@H](O[C@@H]6OC[C@@H](O)[C@H](O)[C@H]6O)CCC56CC46CC[C@]23C)O1. The van der Waals surface area contributed by atoms with Crippen LogP contribution in [0.3, 0.4) is 0 Å². The predicted molar refractivity (Wildman–Crippen MR) is 194 cm³/mol. The van der Waals surface area contributed by atoms with Crippen LogP contribution in [0.4, 0.5) is 0 Å². The number of fused-ring (bicyclic) bond motifs is 2. The third-order valence-electron chi connectivity index (χ3n) is 17.6. The fourth-order valence-electron chi connectivity index (χ4n) is 14.9. The number of ether oxygens (including phenoxy) is 5. The van der Waals surface area contributed by atoms with Gasteiger partial charge >= 0.3 is 0 Å². The third-order valence-corrected chi connectivity index (χ3v) is 17.6. The third kappa shape index (κ3) is 5.70. The Bertz CT molecular complexity index is 1460. The van der Waals surface area contributed by atoms with Crippen LogP contribution in [0.5, 0.6) is 0 Å². The number of rotatable bonds is 7. The van der Waals surface area contributed by atoms with Crippen LogP contribution in [-0.2, 0) is 23.7 Å². The molecule has 14 nitrogen and oxygen atoms in total. The van der Waals surface area contributed by atoms with Crippen LogP contribution >= 0.6 is 0 Å². The topological polar surface area (TPSA) is 228 Å². The van der Waals surface area contributed by atoms with Gasteiger partial charge in [0.2, 0.25) is 0 Å². The van der Waals surface area contributed by atoms with E-state index < -0.39 is 96.8 Å². The molecule has 9 N–H and O–H groups in total. The zero-order valence-corrected chi connectivity index (χ0v) is 33.6. The van der Waals surface area contributed by atoms with Crippen LogP contribution in [0, 0.1) is 44.8 Å². The Morgan fingerprint density at radius 3 is 2.05 bits per heavy atom. The summed E-state index contributed by atoms with van der Waals surface area (Å²) < 4.78 is 31.9. The van der Waals surface area contributed by atoms with Gasteiger partial charge in [-0.2, -0.15) is 0 Å². The highest BCUT2D eigenvalue weighted by Crippen LogP contribution is 2.89. The van der Waals surface area contributed by atoms with Gasteiger partial charge in [0.15, 0.2) is 12.6 Å². The maximum atomic E-state index is 12.2. The van der Waals surface area contributed by atoms with Crippen molar-refractivity contribution in [1.29, 1.82) is 0 Å². The van der Waals surface area contributed by atoms with E-state index >= 15 is 0 Å². The summed E-state index contributed by atoms with van der Waals surface area (Å²) in [5.41, 5.74) is -3.16. The molecule has 5 saturated carbocycles. The number of hydrogen-bond acceptors (Lipinski definition) is 14. The fourth-order valence-corrected chi connectivity index (χ4v) is 14.9. The van der Waals surface area contributed by atoms with E-state index in [9.17, 15) is 46.0 Å². The smallest absolute Gasteiger partial charge is 0.186 e. The van der Waals surface area contributed by atoms with E-state index in [0.29, 0.717) is 25.7 Å². The van der Waals surface area contributed by atoms with Gasteiger partial charge in [-0.05, 0) is 117 Å². The number of hydrogen-bond donors (Lipinski definition) is 9. The van der Waals surface area contributed by atoms with Crippen LogP contribution in [0.15, 0.2) is 0 Å². The van der Waals surface area contributed by atoms with Crippen LogP contribution in [0.2, 0.25) is 0 Å². The van der Waals surface area contributed by atoms with Crippen molar-refractivity contribution in [1.82, 2.24) is 0 Å². The molecule has 8 aliphatic rings. The summed E-state index contributed by atoms with van der Waals surface area (Å²) in [6.45, 7) is 13.8. The zero-order valence-electron chi connectivity index (χ0n) is 33.6. The van der Waals surface area contributed by atoms with Crippen molar-refractivity contribution < 1.29 is 69.6 Å². The highest BCUT2D eigenvalue weighted by atomic mass is 16.7. The molecule has 0 aromatic heterocycles. The van der Waals surface area contributed by atoms with Gasteiger partial charge in [0.25, 0.3) is 0 Å². The van der Waals surface area contributed by atoms with E-state index in [1.165, 1.54) is 0 Å². The minimum absolute atomic E-state index is 0.0633. The summed E-state index contributed by atoms with van der Waals surface area (Å²) in [6.07, 6.45) is -7.48. The van der Waals surface area contributed by atoms with E-state index in [1.54, 1.807) is 13.8 Å². The summed E-state index contributed by atoms with van der Waals surface area (Å²) in [5.74, 6) is -0.215. The highest BCUT2D eigenvalue weighted by Gasteiger charge is 2.85. The lowest BCUT2D eigenvalue weighted by Gasteiger charge is -2.65. The minimum Gasteiger partial charge on any atom is -0.394 e. The van der Waals surface area contributed by atoms with Crippen molar-refractivity contribution in [2.75, 3.05) is 13.2 Å². The van der Waals surface area contributed by atoms with Gasteiger partial charge in [-0.3, -0.25) is 0 Å². The molecule has 21 atom stereocenters. The first-order chi connectivity index (χ1) is 25.5. The van der Waals surface area contributed by atoms with Crippen molar-refractivity contribution >= 4 is 0 Å². The molecule has 3 saturated heterocycles. The lowest BCUT2D eigenvalue weighted by atomic mass is 9.41. The van der Waals surface area contributed by atoms with Crippen molar-refractivity contribution in [3.05, 3.63) is 0 Å². The monoisotopic (exact) mass is 784 g/mol. The number of aliphatic hydroxyl groups is 9. The predicted octanol–water partition coefficient (Wildman–Crippen LogP) is 0.724. The summed E-state index contributed by atoms with van der Waals surface area (Å²) in [6, 6.07) is 0. The standard InChI is InChI=1S/C41H68O14/c1-35(2)24(54-33-29(48)26(45)20(44)17-51-33)9-11-41-18-40(41)13-12-37(5)31(39(7)10-8-25(55-39)36(3,4)50)19(43)15-38(37,6)23(40)14-21(32(35)41)52-34-30(49)28(47)27(46)22(16-42)53-34/h19-34,42-50H,8-18H2,1-7H3/t19?,20-,21+,22-,23?,24+,25+,26+,27-,28+,29-,30-,31?,32?,33+,34-,37-,38+,39-,40?,41?/m1/s1. The van der Waals surface area contributed by atoms with Crippen LogP contribution in [0.25, 0.3) is 0 Å². The van der Waals surface area contributed by atoms with E-state index in [2.05, 4.69) is 34.6 Å². The summed E-state index contributed by atoms with van der Waals surface area (Å²) in [4.78, 5) is 0. The average molecular weight is 785 g/mol. The van der Waals surface area contributed by atoms with Crippen LogP contribution in [-0.4, -0.2) is 150 Å². The molecule has 8 rings (SSSR count). The summed E-state index contributed by atoms with van der Waals surface area (Å²) >= 11 is 0. The fraction of sp³-hybridized carbons (Fsp3) is 1.00. The normalized spacial score (nSPS) is 58.7. The molecule has 0 amide bonds. The van der Waals surface area contributed by atoms with Crippen LogP contribution in [0.1, 0.15) is 106 Å². The Labute approximate surface area is 324 Å². The molecule has 3 aliphatic heterocycles. The van der Waals surface area contributed by atoms with Crippen LogP contribution < -0.4 is 0 Å². The van der Waals surface area contributed by atoms with Crippen molar-refractivity contribution in [2.45, 2.75) is 197 Å². The first-order valence-electron chi connectivity index (χ1n) is 20.9. The van der Waals surface area contributed by atoms with E-state index in [1.807, 2.05) is 0 Å². The average Bonchev–Trinajstić information content (AvgIpc) is 3.47. The Morgan fingerprint density at radius 1 is 0.709 bits per heavy atom. The van der Waals surface area contributed by atoms with E-state index in [0.717, 1.165) is 32.1 Å². The maximum Gasteiger partial charge on any atom is 0.186 e. The second kappa shape index (κ2) is 13.2. The largest absolute Gasteiger partial charge is 0.394 e. The first-order valence-corrected chi connectivity index (χ1v) is 20.9. The Kier molecular flexibility index (Phi) is 9.90. The van der Waals surface area contributed by atoms with Crippen molar-refractivity contribution in [2.24, 2.45) is 44.8 Å². The van der Waals surface area contributed by atoms with Gasteiger partial charge in [0.05, 0.1) is 48.8 Å². The van der Waals surface area contributed by atoms with Crippen molar-refractivity contribution in [3.63, 3.8) is 0 Å². The van der Waals surface area contributed by atoms with E-state index in [4.69, 9.17) is 23.7 Å². The molecule has 3 heterocycles. The highest BCUT2D eigenvalue weighted by molar-refractivity contribution is 5.33. The second-order valence-electron chi connectivity index (χ2n) is 21.1. The zero-order chi connectivity index (χ0) is 40.1. The van der Waals surface area contributed by atoms with Gasteiger partial charge in [0, 0.05) is 5.92 Å². The molecular formula is C41H68O14. The summed E-state index contributed by atoms with van der Waals surface area (Å²) in [5, 5.41) is 97.2. The minimum atomic E-state index is -1.60. The molecule has 0 bridgehead atoms. The van der Waals surface area contributed by atoms with Gasteiger partial charge in [-0.15, -0.1) is 0 Å². The van der Waals surface area contributed by atoms with Gasteiger partial charge in [0.1, 0.15) is 42.7 Å². The lowest BCUT2D eigenvalue weighted by Crippen LogP contribution is -2.65. The molecule has 55 heavy (non-hydrogen) atoms. The second-order valence-corrected chi connectivity index (χ2v) is 21.1. The Morgan fingerprint density at radius 2 is 1.40 bits per heavy atom. The number of aliphatic hydroxyl groups excluding tert-OH is 8. The Balaban J connectivity index is 1.15. The maximum absolute atomic E-state index is 12.2. The lowest BCUT2D eigenvalue weighted by molar-refractivity contribution is -0.339. The molecule has 316 valence electrons. The molecular weight excluding hydrogens is 716 g/mol. The first kappa shape index (κ1) is 41.2. The van der Waals surface area contributed by atoms with Gasteiger partial charge < -0.3 is 69.6 Å². The molecule has 8 fully saturated rings. The van der Waals surface area contributed by atoms with Gasteiger partial charge in [-0.25, -0.2) is 0 Å². The molecule has 0 aromatic carbocycles. The quantitative estimate of drug-likeness (QED) is 0.162. The summed E-state index contributed by atoms with van der Waals surface area (Å²) in [7, 11) is 0. The molecule has 5 aliphatic carbocycles. The Hall–Kier alpha value is -0.560. The molecule has 14 heteroatoms. The molecule has 0 aromatic rings. The molecule has 2 spiro atoms. The van der Waals surface area contributed by atoms with Gasteiger partial charge in [-0.1, -0.05) is 27.7 Å². The van der Waals surface area contributed by atoms with Crippen molar-refractivity contribution in [3.8, 4) is 0 Å². The molecule has 0 radical (unpaired) electrons. The van der Waals surface area contributed by atoms with E-state index in [-0.39, 0.29) is 52.1 Å². The molecule has 6 unspecified atom stereocenters.